The second-order valence-electron chi connectivity index (χ2n) is 8.72. The molecule has 0 bridgehead atoms. The summed E-state index contributed by atoms with van der Waals surface area (Å²) in [6.07, 6.45) is -4.68. The molecule has 0 spiro atoms. The van der Waals surface area contributed by atoms with Crippen LogP contribution in [0.5, 0.6) is 5.75 Å². The highest BCUT2D eigenvalue weighted by Gasteiger charge is 2.33. The van der Waals surface area contributed by atoms with Crippen LogP contribution in [0, 0.1) is 5.82 Å². The fraction of sp³-hybridized carbons (Fsp3) is 0.435. The minimum Gasteiger partial charge on any atom is -0.483 e. The van der Waals surface area contributed by atoms with Crippen LogP contribution in [-0.2, 0) is 33.3 Å². The monoisotopic (exact) mass is 517 g/mol. The fourth-order valence-corrected chi connectivity index (χ4v) is 4.70. The highest BCUT2D eigenvalue weighted by atomic mass is 32.2. The maximum atomic E-state index is 13.2. The van der Waals surface area contributed by atoms with Crippen molar-refractivity contribution in [3.05, 3.63) is 65.0 Å². The number of nitrogens with two attached hydrogens (primary N) is 1. The molecule has 0 radical (unpaired) electrons. The molecular weight excluding hydrogens is 490 g/mol. The van der Waals surface area contributed by atoms with E-state index in [1.54, 1.807) is 17.0 Å². The van der Waals surface area contributed by atoms with E-state index >= 15 is 0 Å². The molecule has 0 saturated carbocycles. The van der Waals surface area contributed by atoms with Crippen LogP contribution in [0.25, 0.3) is 0 Å². The number of alkyl halides is 3. The zero-order valence-electron chi connectivity index (χ0n) is 19.3. The highest BCUT2D eigenvalue weighted by molar-refractivity contribution is 7.88. The lowest BCUT2D eigenvalue weighted by molar-refractivity contribution is -0.140. The third-order valence-corrected chi connectivity index (χ3v) is 6.54. The minimum atomic E-state index is -4.68. The first-order valence-corrected chi connectivity index (χ1v) is 12.6. The maximum Gasteiger partial charge on any atom is 0.416 e. The SMILES string of the molecule is CC1CN(C(=O)COc2ccc(C(F)(F)F)cc2CS(N)(=O)=O)C(C)CN1Cc1ccc(F)cc1. The van der Waals surface area contributed by atoms with Gasteiger partial charge in [0.05, 0.1) is 11.3 Å². The Balaban J connectivity index is 1.66. The van der Waals surface area contributed by atoms with E-state index in [9.17, 15) is 30.8 Å². The van der Waals surface area contributed by atoms with Crippen molar-refractivity contribution in [2.45, 2.75) is 44.4 Å². The summed E-state index contributed by atoms with van der Waals surface area (Å²) in [5.41, 5.74) is -0.381. The summed E-state index contributed by atoms with van der Waals surface area (Å²) in [7, 11) is -4.14. The predicted molar refractivity (Wildman–Crippen MR) is 121 cm³/mol. The molecule has 1 fully saturated rings. The number of piperazine rings is 1. The molecule has 3 rings (SSSR count). The quantitative estimate of drug-likeness (QED) is 0.570. The van der Waals surface area contributed by atoms with Crippen LogP contribution in [0.3, 0.4) is 0 Å². The zero-order chi connectivity index (χ0) is 26.0. The third kappa shape index (κ3) is 7.39. The van der Waals surface area contributed by atoms with Crippen LogP contribution in [0.1, 0.15) is 30.5 Å². The zero-order valence-corrected chi connectivity index (χ0v) is 20.1. The molecular formula is C23H27F4N3O4S. The average molecular weight is 518 g/mol. The Kier molecular flexibility index (Phi) is 8.07. The number of primary sulfonamides is 1. The second-order valence-corrected chi connectivity index (χ2v) is 10.3. The molecule has 2 aromatic rings. The van der Waals surface area contributed by atoms with Crippen molar-refractivity contribution < 1.29 is 35.5 Å². The van der Waals surface area contributed by atoms with Gasteiger partial charge in [-0.1, -0.05) is 12.1 Å². The number of amides is 1. The summed E-state index contributed by atoms with van der Waals surface area (Å²) in [6.45, 7) is 4.89. The lowest BCUT2D eigenvalue weighted by Crippen LogP contribution is -2.58. The smallest absolute Gasteiger partial charge is 0.416 e. The van der Waals surface area contributed by atoms with Crippen molar-refractivity contribution in [3.8, 4) is 5.75 Å². The van der Waals surface area contributed by atoms with Crippen molar-refractivity contribution in [1.82, 2.24) is 9.80 Å². The van der Waals surface area contributed by atoms with Crippen molar-refractivity contribution in [1.29, 1.82) is 0 Å². The molecule has 0 aromatic heterocycles. The molecule has 2 aromatic carbocycles. The molecule has 12 heteroatoms. The van der Waals surface area contributed by atoms with Gasteiger partial charge >= 0.3 is 6.18 Å². The maximum absolute atomic E-state index is 13.2. The number of hydrogen-bond acceptors (Lipinski definition) is 5. The Bertz CT molecular complexity index is 1160. The Labute approximate surface area is 201 Å². The number of sulfonamides is 1. The van der Waals surface area contributed by atoms with Gasteiger partial charge in [-0.2, -0.15) is 13.2 Å². The van der Waals surface area contributed by atoms with Gasteiger partial charge in [0, 0.05) is 37.3 Å². The van der Waals surface area contributed by atoms with E-state index < -0.39 is 34.1 Å². The predicted octanol–water partition coefficient (Wildman–Crippen LogP) is 3.13. The Morgan fingerprint density at radius 2 is 1.74 bits per heavy atom. The number of rotatable bonds is 7. The van der Waals surface area contributed by atoms with E-state index in [2.05, 4.69) is 4.90 Å². The van der Waals surface area contributed by atoms with Crippen LogP contribution < -0.4 is 9.88 Å². The number of benzene rings is 2. The Morgan fingerprint density at radius 1 is 1.09 bits per heavy atom. The van der Waals surface area contributed by atoms with E-state index in [4.69, 9.17) is 9.88 Å². The molecule has 2 atom stereocenters. The van der Waals surface area contributed by atoms with E-state index in [1.807, 2.05) is 13.8 Å². The number of nitrogens with zero attached hydrogens (tertiary/aromatic N) is 2. The first-order chi connectivity index (χ1) is 16.2. The molecule has 192 valence electrons. The second kappa shape index (κ2) is 10.5. The molecule has 0 aliphatic carbocycles. The molecule has 1 heterocycles. The van der Waals surface area contributed by atoms with E-state index in [0.29, 0.717) is 25.7 Å². The van der Waals surface area contributed by atoms with Gasteiger partial charge in [0.2, 0.25) is 10.0 Å². The van der Waals surface area contributed by atoms with Gasteiger partial charge in [-0.15, -0.1) is 0 Å². The average Bonchev–Trinajstić information content (AvgIpc) is 2.74. The Hall–Kier alpha value is -2.70. The third-order valence-electron chi connectivity index (χ3n) is 5.83. The number of carbonyl (C=O) groups is 1. The van der Waals surface area contributed by atoms with E-state index in [1.165, 1.54) is 12.1 Å². The lowest BCUT2D eigenvalue weighted by atomic mass is 10.1. The molecule has 1 aliphatic rings. The molecule has 1 amide bonds. The van der Waals surface area contributed by atoms with Gasteiger partial charge < -0.3 is 9.64 Å². The van der Waals surface area contributed by atoms with Crippen molar-refractivity contribution >= 4 is 15.9 Å². The highest BCUT2D eigenvalue weighted by Crippen LogP contribution is 2.33. The fourth-order valence-electron chi connectivity index (χ4n) is 4.04. The van der Waals surface area contributed by atoms with Crippen LogP contribution >= 0.6 is 0 Å². The van der Waals surface area contributed by atoms with Gasteiger partial charge in [-0.3, -0.25) is 9.69 Å². The number of halogens is 4. The molecule has 1 aliphatic heterocycles. The number of ether oxygens (including phenoxy) is 1. The normalized spacial score (nSPS) is 19.6. The van der Waals surface area contributed by atoms with Gasteiger partial charge in [0.25, 0.3) is 5.91 Å². The summed E-state index contributed by atoms with van der Waals surface area (Å²) < 4.78 is 80.8. The molecule has 35 heavy (non-hydrogen) atoms. The summed E-state index contributed by atoms with van der Waals surface area (Å²) in [6, 6.07) is 8.42. The van der Waals surface area contributed by atoms with Crippen molar-refractivity contribution in [2.75, 3.05) is 19.7 Å². The van der Waals surface area contributed by atoms with E-state index in [-0.39, 0.29) is 35.1 Å². The van der Waals surface area contributed by atoms with Crippen LogP contribution in [-0.4, -0.2) is 55.9 Å². The molecule has 2 unspecified atom stereocenters. The van der Waals surface area contributed by atoms with Crippen molar-refractivity contribution in [3.63, 3.8) is 0 Å². The van der Waals surface area contributed by atoms with Gasteiger partial charge in [-0.05, 0) is 49.7 Å². The summed E-state index contributed by atoms with van der Waals surface area (Å²) in [4.78, 5) is 16.7. The van der Waals surface area contributed by atoms with Crippen LogP contribution in [0.2, 0.25) is 0 Å². The van der Waals surface area contributed by atoms with Crippen LogP contribution in [0.15, 0.2) is 42.5 Å². The van der Waals surface area contributed by atoms with Gasteiger partial charge in [0.15, 0.2) is 6.61 Å². The molecule has 1 saturated heterocycles. The lowest BCUT2D eigenvalue weighted by Gasteiger charge is -2.44. The van der Waals surface area contributed by atoms with Crippen LogP contribution in [0.4, 0.5) is 17.6 Å². The van der Waals surface area contributed by atoms with E-state index in [0.717, 1.165) is 17.7 Å². The first-order valence-electron chi connectivity index (χ1n) is 10.8. The standard InChI is InChI=1S/C23H27F4N3O4S/c1-15-11-30(16(2)10-29(15)12-17-3-6-20(24)7-4-17)22(31)13-34-21-8-5-19(23(25,26)27)9-18(21)14-35(28,32)33/h3-9,15-16H,10-14H2,1-2H3,(H2,28,32,33). The van der Waals surface area contributed by atoms with Crippen molar-refractivity contribution in [2.24, 2.45) is 5.14 Å². The number of carbonyl (C=O) groups excluding carboxylic acids is 1. The molecule has 2 N–H and O–H groups in total. The Morgan fingerprint density at radius 3 is 2.34 bits per heavy atom. The minimum absolute atomic E-state index is 0.00998. The summed E-state index contributed by atoms with van der Waals surface area (Å²) in [5.74, 6) is -1.72. The summed E-state index contributed by atoms with van der Waals surface area (Å²) >= 11 is 0. The summed E-state index contributed by atoms with van der Waals surface area (Å²) in [5, 5.41) is 5.01. The number of hydrogen-bond donors (Lipinski definition) is 1. The topological polar surface area (TPSA) is 92.9 Å². The van der Waals surface area contributed by atoms with Gasteiger partial charge in [-0.25, -0.2) is 17.9 Å². The molecule has 7 nitrogen and oxygen atoms in total. The largest absolute Gasteiger partial charge is 0.483 e. The first kappa shape index (κ1) is 26.9. The van der Waals surface area contributed by atoms with Gasteiger partial charge in [0.1, 0.15) is 11.6 Å².